The van der Waals surface area contributed by atoms with E-state index in [1.807, 2.05) is 6.08 Å². The minimum Gasteiger partial charge on any atom is -0.466 e. The van der Waals surface area contributed by atoms with Crippen molar-refractivity contribution in [1.82, 2.24) is 5.32 Å². The number of aliphatic hydroxyl groups excluding tert-OH is 2. The number of unbranched alkanes of at least 4 members (excludes halogenated alkanes) is 52. The Morgan fingerprint density at radius 1 is 0.354 bits per heavy atom. The highest BCUT2D eigenvalue weighted by atomic mass is 16.5. The third-order valence-corrected chi connectivity index (χ3v) is 16.7. The van der Waals surface area contributed by atoms with Gasteiger partial charge in [-0.15, -0.1) is 0 Å². The molecule has 79 heavy (non-hydrogen) atoms. The van der Waals surface area contributed by atoms with Crippen LogP contribution < -0.4 is 5.32 Å². The third kappa shape index (κ3) is 65.1. The van der Waals surface area contributed by atoms with Gasteiger partial charge in [0.05, 0.1) is 25.4 Å². The van der Waals surface area contributed by atoms with Gasteiger partial charge >= 0.3 is 5.97 Å². The number of aliphatic hydroxyl groups is 2. The van der Waals surface area contributed by atoms with Gasteiger partial charge < -0.3 is 20.3 Å². The second kappa shape index (κ2) is 68.6. The van der Waals surface area contributed by atoms with E-state index >= 15 is 0 Å². The predicted octanol–water partition coefficient (Wildman–Crippen LogP) is 23.1. The van der Waals surface area contributed by atoms with Gasteiger partial charge in [0.1, 0.15) is 0 Å². The van der Waals surface area contributed by atoms with Gasteiger partial charge in [-0.1, -0.05) is 352 Å². The number of hydrogen-bond acceptors (Lipinski definition) is 5. The minimum absolute atomic E-state index is 0.0178. The molecule has 6 heteroatoms. The van der Waals surface area contributed by atoms with Crippen LogP contribution in [0.4, 0.5) is 0 Å². The van der Waals surface area contributed by atoms with Crippen LogP contribution in [-0.4, -0.2) is 47.4 Å². The van der Waals surface area contributed by atoms with Crippen LogP contribution in [0, 0.1) is 0 Å². The van der Waals surface area contributed by atoms with E-state index in [-0.39, 0.29) is 18.5 Å². The summed E-state index contributed by atoms with van der Waals surface area (Å²) in [5.41, 5.74) is 0. The number of esters is 1. The number of carbonyl (C=O) groups excluding carboxylic acids is 2. The Balaban J connectivity index is 3.37. The van der Waals surface area contributed by atoms with Crippen LogP contribution in [0.15, 0.2) is 36.5 Å². The first kappa shape index (κ1) is 77.1. The first-order valence-corrected chi connectivity index (χ1v) is 35.8. The highest BCUT2D eigenvalue weighted by molar-refractivity contribution is 5.76. The highest BCUT2D eigenvalue weighted by Crippen LogP contribution is 2.18. The molecule has 6 nitrogen and oxygen atoms in total. The molecular formula is C73H139NO5. The number of amides is 1. The van der Waals surface area contributed by atoms with Crippen molar-refractivity contribution in [2.24, 2.45) is 0 Å². The van der Waals surface area contributed by atoms with Crippen molar-refractivity contribution in [2.75, 3.05) is 13.2 Å². The van der Waals surface area contributed by atoms with Crippen molar-refractivity contribution >= 4 is 11.9 Å². The molecule has 466 valence electrons. The number of rotatable bonds is 67. The first-order chi connectivity index (χ1) is 39.0. The molecule has 3 N–H and O–H groups in total. The van der Waals surface area contributed by atoms with Crippen molar-refractivity contribution in [3.8, 4) is 0 Å². The van der Waals surface area contributed by atoms with Crippen LogP contribution in [0.3, 0.4) is 0 Å². The molecule has 0 aromatic heterocycles. The fourth-order valence-electron chi connectivity index (χ4n) is 11.2. The van der Waals surface area contributed by atoms with E-state index in [2.05, 4.69) is 43.5 Å². The number of carbonyl (C=O) groups is 2. The topological polar surface area (TPSA) is 95.9 Å². The summed E-state index contributed by atoms with van der Waals surface area (Å²) in [6.07, 6.45) is 88.1. The lowest BCUT2D eigenvalue weighted by atomic mass is 10.0. The molecule has 0 aliphatic rings. The maximum atomic E-state index is 12.5. The van der Waals surface area contributed by atoms with Crippen molar-refractivity contribution in [2.45, 2.75) is 405 Å². The minimum atomic E-state index is -0.842. The standard InChI is InChI=1S/C73H139NO5/c1-3-5-7-9-11-13-15-17-18-39-43-47-51-55-59-63-67-73(78)79-68-64-60-56-52-48-44-40-37-35-33-31-29-27-25-23-21-19-20-22-24-26-28-30-32-34-36-38-42-46-50-54-58-62-66-72(77)74-70(69-75)71(76)65-61-57-53-49-45-41-16-14-12-10-8-6-4-2/h23,25,29,31,61,65,70-71,75-76H,3-22,24,26-28,30,32-60,62-64,66-69H2,1-2H3,(H,74,77)/b25-23-,31-29-,65-61+. The van der Waals surface area contributed by atoms with E-state index in [4.69, 9.17) is 4.74 Å². The van der Waals surface area contributed by atoms with E-state index in [1.165, 1.54) is 321 Å². The molecule has 0 heterocycles. The summed E-state index contributed by atoms with van der Waals surface area (Å²) in [6.45, 7) is 4.93. The molecule has 0 rings (SSSR count). The van der Waals surface area contributed by atoms with Crippen molar-refractivity contribution in [1.29, 1.82) is 0 Å². The Morgan fingerprint density at radius 2 is 0.633 bits per heavy atom. The molecule has 0 aromatic rings. The van der Waals surface area contributed by atoms with E-state index < -0.39 is 12.1 Å². The lowest BCUT2D eigenvalue weighted by Crippen LogP contribution is -2.45. The van der Waals surface area contributed by atoms with Crippen LogP contribution in [0.2, 0.25) is 0 Å². The number of allylic oxidation sites excluding steroid dienone is 5. The Kier molecular flexibility index (Phi) is 66.9. The highest BCUT2D eigenvalue weighted by Gasteiger charge is 2.18. The maximum absolute atomic E-state index is 12.5. The Morgan fingerprint density at radius 3 is 0.962 bits per heavy atom. The van der Waals surface area contributed by atoms with E-state index in [0.717, 1.165) is 44.9 Å². The molecule has 0 saturated carbocycles. The molecule has 0 bridgehead atoms. The Bertz CT molecular complexity index is 1280. The van der Waals surface area contributed by atoms with Gasteiger partial charge in [-0.25, -0.2) is 0 Å². The van der Waals surface area contributed by atoms with E-state index in [1.54, 1.807) is 6.08 Å². The van der Waals surface area contributed by atoms with Crippen LogP contribution >= 0.6 is 0 Å². The van der Waals surface area contributed by atoms with Gasteiger partial charge in [-0.05, 0) is 64.2 Å². The zero-order valence-corrected chi connectivity index (χ0v) is 53.4. The van der Waals surface area contributed by atoms with Crippen molar-refractivity contribution < 1.29 is 24.5 Å². The summed E-state index contributed by atoms with van der Waals surface area (Å²) in [5.74, 6) is -0.0471. The van der Waals surface area contributed by atoms with Gasteiger partial charge in [-0.3, -0.25) is 9.59 Å². The Labute approximate surface area is 494 Å². The third-order valence-electron chi connectivity index (χ3n) is 16.7. The molecule has 0 spiro atoms. The van der Waals surface area contributed by atoms with Crippen molar-refractivity contribution in [3.05, 3.63) is 36.5 Å². The summed E-state index contributed by atoms with van der Waals surface area (Å²) >= 11 is 0. The second-order valence-corrected chi connectivity index (χ2v) is 24.6. The average Bonchev–Trinajstić information content (AvgIpc) is 3.45. The molecule has 0 aromatic carbocycles. The zero-order valence-electron chi connectivity index (χ0n) is 53.4. The molecule has 0 aliphatic heterocycles. The van der Waals surface area contributed by atoms with Gasteiger partial charge in [0, 0.05) is 12.8 Å². The molecular weight excluding hydrogens is 971 g/mol. The van der Waals surface area contributed by atoms with Crippen LogP contribution in [-0.2, 0) is 14.3 Å². The van der Waals surface area contributed by atoms with Gasteiger partial charge in [-0.2, -0.15) is 0 Å². The number of nitrogens with one attached hydrogen (secondary N) is 1. The number of hydrogen-bond donors (Lipinski definition) is 3. The quantitative estimate of drug-likeness (QED) is 0.0320. The lowest BCUT2D eigenvalue weighted by Gasteiger charge is -2.20. The fourth-order valence-corrected chi connectivity index (χ4v) is 11.2. The van der Waals surface area contributed by atoms with Gasteiger partial charge in [0.25, 0.3) is 0 Å². The zero-order chi connectivity index (χ0) is 57.1. The van der Waals surface area contributed by atoms with Crippen molar-refractivity contribution in [3.63, 3.8) is 0 Å². The SMILES string of the molecule is CCCCCCCCCCCCC/C=C/C(O)C(CO)NC(=O)CCCCCCCCCCCCCCCCCCC/C=C\C/C=C\CCCCCCCCCCCOC(=O)CCCCCCCCCCCCCCCCCC. The molecule has 0 saturated heterocycles. The molecule has 1 amide bonds. The summed E-state index contributed by atoms with van der Waals surface area (Å²) in [6, 6.07) is -0.626. The van der Waals surface area contributed by atoms with E-state index in [9.17, 15) is 19.8 Å². The van der Waals surface area contributed by atoms with Crippen LogP contribution in [0.25, 0.3) is 0 Å². The molecule has 0 radical (unpaired) electrons. The molecule has 2 unspecified atom stereocenters. The smallest absolute Gasteiger partial charge is 0.305 e. The lowest BCUT2D eigenvalue weighted by molar-refractivity contribution is -0.143. The summed E-state index contributed by atoms with van der Waals surface area (Å²) in [4.78, 5) is 24.6. The monoisotopic (exact) mass is 1110 g/mol. The van der Waals surface area contributed by atoms with Crippen LogP contribution in [0.5, 0.6) is 0 Å². The molecule has 0 aliphatic carbocycles. The second-order valence-electron chi connectivity index (χ2n) is 24.6. The first-order valence-electron chi connectivity index (χ1n) is 35.8. The predicted molar refractivity (Wildman–Crippen MR) is 347 cm³/mol. The number of ether oxygens (including phenoxy) is 1. The molecule has 0 fully saturated rings. The Hall–Kier alpha value is -1.92. The summed E-state index contributed by atoms with van der Waals surface area (Å²) in [5, 5.41) is 23.1. The fraction of sp³-hybridized carbons (Fsp3) is 0.890. The van der Waals surface area contributed by atoms with Gasteiger partial charge in [0.15, 0.2) is 0 Å². The summed E-state index contributed by atoms with van der Waals surface area (Å²) < 4.78 is 5.50. The van der Waals surface area contributed by atoms with Crippen LogP contribution in [0.1, 0.15) is 393 Å². The maximum Gasteiger partial charge on any atom is 0.305 e. The van der Waals surface area contributed by atoms with Gasteiger partial charge in [0.2, 0.25) is 5.91 Å². The normalized spacial score (nSPS) is 12.7. The van der Waals surface area contributed by atoms with E-state index in [0.29, 0.717) is 19.4 Å². The molecule has 2 atom stereocenters. The average molecular weight is 1110 g/mol. The largest absolute Gasteiger partial charge is 0.466 e. The summed E-state index contributed by atoms with van der Waals surface area (Å²) in [7, 11) is 0.